The van der Waals surface area contributed by atoms with E-state index in [0.717, 1.165) is 23.3 Å². The second-order valence-corrected chi connectivity index (χ2v) is 6.38. The molecule has 9 heteroatoms. The van der Waals surface area contributed by atoms with Gasteiger partial charge in [-0.1, -0.05) is 0 Å². The fraction of sp³-hybridized carbons (Fsp3) is 0.429. The van der Waals surface area contributed by atoms with E-state index in [9.17, 15) is 19.2 Å². The van der Waals surface area contributed by atoms with Gasteiger partial charge in [-0.2, -0.15) is 0 Å². The van der Waals surface area contributed by atoms with Crippen molar-refractivity contribution >= 4 is 40.0 Å². The molecule has 5 N–H and O–H groups in total. The number of aliphatic carboxylic acids is 1. The first-order valence-electron chi connectivity index (χ1n) is 7.03. The van der Waals surface area contributed by atoms with Gasteiger partial charge in [0.1, 0.15) is 11.0 Å². The first kappa shape index (κ1) is 16.9. The third kappa shape index (κ3) is 3.86. The van der Waals surface area contributed by atoms with Crippen LogP contribution < -0.4 is 16.4 Å². The number of amides is 3. The molecule has 124 valence electrons. The number of thiophene rings is 1. The van der Waals surface area contributed by atoms with Gasteiger partial charge in [-0.25, -0.2) is 4.79 Å². The van der Waals surface area contributed by atoms with E-state index in [0.29, 0.717) is 11.4 Å². The van der Waals surface area contributed by atoms with Gasteiger partial charge in [-0.05, 0) is 24.8 Å². The number of hydrogen-bond acceptors (Lipinski definition) is 5. The van der Waals surface area contributed by atoms with Crippen molar-refractivity contribution in [1.29, 1.82) is 0 Å². The summed E-state index contributed by atoms with van der Waals surface area (Å²) in [5, 5.41) is 14.4. The second kappa shape index (κ2) is 6.78. The second-order valence-electron chi connectivity index (χ2n) is 5.28. The van der Waals surface area contributed by atoms with Crippen molar-refractivity contribution in [2.24, 2.45) is 5.73 Å². The Kier molecular flexibility index (Phi) is 4.99. The van der Waals surface area contributed by atoms with Crippen molar-refractivity contribution in [3.8, 4) is 0 Å². The Labute approximate surface area is 136 Å². The predicted molar refractivity (Wildman–Crippen MR) is 83.3 cm³/mol. The Morgan fingerprint density at radius 1 is 1.30 bits per heavy atom. The lowest BCUT2D eigenvalue weighted by Gasteiger charge is -2.14. The van der Waals surface area contributed by atoms with Gasteiger partial charge < -0.3 is 21.5 Å². The normalized spacial score (nSPS) is 14.0. The van der Waals surface area contributed by atoms with E-state index in [1.54, 1.807) is 0 Å². The Bertz CT molecular complexity index is 682. The number of carbonyl (C=O) groups excluding carboxylic acids is 3. The first-order chi connectivity index (χ1) is 10.8. The van der Waals surface area contributed by atoms with Crippen LogP contribution in [0.4, 0.5) is 5.00 Å². The molecule has 8 nitrogen and oxygen atoms in total. The number of nitrogens with one attached hydrogen (secondary N) is 2. The van der Waals surface area contributed by atoms with Gasteiger partial charge in [-0.3, -0.25) is 14.4 Å². The molecule has 0 radical (unpaired) electrons. The van der Waals surface area contributed by atoms with E-state index in [4.69, 9.17) is 10.8 Å². The molecule has 1 aliphatic carbocycles. The number of hydrogen-bond donors (Lipinski definition) is 4. The molecule has 1 aliphatic rings. The molecule has 23 heavy (non-hydrogen) atoms. The number of rotatable bonds is 6. The zero-order chi connectivity index (χ0) is 17.1. The molecule has 0 saturated carbocycles. The van der Waals surface area contributed by atoms with Crippen molar-refractivity contribution in [2.45, 2.75) is 38.6 Å². The molecule has 0 aliphatic heterocycles. The van der Waals surface area contributed by atoms with Gasteiger partial charge in [0.15, 0.2) is 0 Å². The minimum absolute atomic E-state index is 0.286. The van der Waals surface area contributed by atoms with Gasteiger partial charge in [-0.15, -0.1) is 11.3 Å². The SMILES string of the molecule is CC(=O)Nc1sc2c(c1C(=O)NC(CC(N)=O)C(=O)O)CCC2. The lowest BCUT2D eigenvalue weighted by atomic mass is 10.1. The maximum atomic E-state index is 12.5. The molecule has 0 saturated heterocycles. The minimum atomic E-state index is -1.40. The highest BCUT2D eigenvalue weighted by molar-refractivity contribution is 7.17. The van der Waals surface area contributed by atoms with Crippen molar-refractivity contribution < 1.29 is 24.3 Å². The maximum Gasteiger partial charge on any atom is 0.326 e. The standard InChI is InChI=1S/C14H17N3O5S/c1-6(18)16-13-11(7-3-2-4-9(7)23-13)12(20)17-8(14(21)22)5-10(15)19/h8H,2-5H2,1H3,(H2,15,19)(H,16,18)(H,17,20)(H,21,22). The molecule has 0 aromatic carbocycles. The number of nitrogens with two attached hydrogens (primary N) is 1. The summed E-state index contributed by atoms with van der Waals surface area (Å²) in [6, 6.07) is -1.40. The fourth-order valence-corrected chi connectivity index (χ4v) is 3.86. The fourth-order valence-electron chi connectivity index (χ4n) is 2.52. The van der Waals surface area contributed by atoms with Crippen LogP contribution in [-0.4, -0.2) is 34.8 Å². The average Bonchev–Trinajstić information content (AvgIpc) is 2.96. The highest BCUT2D eigenvalue weighted by Crippen LogP contribution is 2.39. The Morgan fingerprint density at radius 2 is 2.00 bits per heavy atom. The van der Waals surface area contributed by atoms with Gasteiger partial charge in [0, 0.05) is 11.8 Å². The lowest BCUT2D eigenvalue weighted by molar-refractivity contribution is -0.140. The molecule has 0 spiro atoms. The Hall–Kier alpha value is -2.42. The summed E-state index contributed by atoms with van der Waals surface area (Å²) in [6.45, 7) is 1.33. The summed E-state index contributed by atoms with van der Waals surface area (Å²) in [6.07, 6.45) is 1.93. The van der Waals surface area contributed by atoms with Gasteiger partial charge in [0.25, 0.3) is 5.91 Å². The summed E-state index contributed by atoms with van der Waals surface area (Å²) in [4.78, 5) is 46.9. The lowest BCUT2D eigenvalue weighted by Crippen LogP contribution is -2.43. The molecule has 1 aromatic rings. The third-order valence-corrected chi connectivity index (χ3v) is 4.65. The summed E-state index contributed by atoms with van der Waals surface area (Å²) >= 11 is 1.32. The maximum absolute atomic E-state index is 12.5. The number of carboxylic acid groups (broad SMARTS) is 1. The molecule has 1 unspecified atom stereocenters. The van der Waals surface area contributed by atoms with Crippen molar-refractivity contribution in [2.75, 3.05) is 5.32 Å². The summed E-state index contributed by atoms with van der Waals surface area (Å²) < 4.78 is 0. The highest BCUT2D eigenvalue weighted by atomic mass is 32.1. The van der Waals surface area contributed by atoms with Gasteiger partial charge in [0.2, 0.25) is 11.8 Å². The van der Waals surface area contributed by atoms with E-state index in [1.165, 1.54) is 18.3 Å². The first-order valence-corrected chi connectivity index (χ1v) is 7.85. The van der Waals surface area contributed by atoms with Gasteiger partial charge >= 0.3 is 5.97 Å². The number of anilines is 1. The van der Waals surface area contributed by atoms with Crippen LogP contribution in [0, 0.1) is 0 Å². The van der Waals surface area contributed by atoms with Crippen molar-refractivity contribution in [3.05, 3.63) is 16.0 Å². The van der Waals surface area contributed by atoms with Gasteiger partial charge in [0.05, 0.1) is 12.0 Å². The van der Waals surface area contributed by atoms with E-state index in [1.807, 2.05) is 0 Å². The molecule has 1 heterocycles. The van der Waals surface area contributed by atoms with Crippen LogP contribution in [0.3, 0.4) is 0 Å². The number of fused-ring (bicyclic) bond motifs is 1. The summed E-state index contributed by atoms with van der Waals surface area (Å²) in [5.74, 6) is -3.10. The Morgan fingerprint density at radius 3 is 2.57 bits per heavy atom. The summed E-state index contributed by atoms with van der Waals surface area (Å²) in [7, 11) is 0. The number of carbonyl (C=O) groups is 4. The van der Waals surface area contributed by atoms with E-state index in [-0.39, 0.29) is 11.5 Å². The zero-order valence-electron chi connectivity index (χ0n) is 12.5. The van der Waals surface area contributed by atoms with E-state index in [2.05, 4.69) is 10.6 Å². The molecule has 0 fully saturated rings. The zero-order valence-corrected chi connectivity index (χ0v) is 13.3. The molecule has 1 aromatic heterocycles. The highest BCUT2D eigenvalue weighted by Gasteiger charge is 2.30. The molecular formula is C14H17N3O5S. The topological polar surface area (TPSA) is 139 Å². The minimum Gasteiger partial charge on any atom is -0.480 e. The van der Waals surface area contributed by atoms with Crippen LogP contribution in [0.5, 0.6) is 0 Å². The van der Waals surface area contributed by atoms with Crippen LogP contribution in [0.1, 0.15) is 40.6 Å². The van der Waals surface area contributed by atoms with Crippen LogP contribution in [0.25, 0.3) is 0 Å². The average molecular weight is 339 g/mol. The molecular weight excluding hydrogens is 322 g/mol. The quantitative estimate of drug-likeness (QED) is 0.588. The van der Waals surface area contributed by atoms with Crippen molar-refractivity contribution in [3.63, 3.8) is 0 Å². The van der Waals surface area contributed by atoms with Crippen LogP contribution in [0.2, 0.25) is 0 Å². The molecule has 3 amide bonds. The number of primary amides is 1. The monoisotopic (exact) mass is 339 g/mol. The van der Waals surface area contributed by atoms with Crippen LogP contribution in [-0.2, 0) is 27.2 Å². The smallest absolute Gasteiger partial charge is 0.326 e. The Balaban J connectivity index is 2.29. The predicted octanol–water partition coefficient (Wildman–Crippen LogP) is 0.254. The number of carboxylic acids is 1. The molecule has 1 atom stereocenters. The van der Waals surface area contributed by atoms with E-state index >= 15 is 0 Å². The summed E-state index contributed by atoms with van der Waals surface area (Å²) in [5.41, 5.74) is 6.12. The largest absolute Gasteiger partial charge is 0.480 e. The third-order valence-electron chi connectivity index (χ3n) is 3.45. The van der Waals surface area contributed by atoms with Crippen LogP contribution in [0.15, 0.2) is 0 Å². The van der Waals surface area contributed by atoms with Crippen LogP contribution >= 0.6 is 11.3 Å². The molecule has 2 rings (SSSR count). The van der Waals surface area contributed by atoms with Crippen molar-refractivity contribution in [1.82, 2.24) is 5.32 Å². The number of aryl methyl sites for hydroxylation is 1. The van der Waals surface area contributed by atoms with E-state index < -0.39 is 30.2 Å². The molecule has 0 bridgehead atoms.